The van der Waals surface area contributed by atoms with Crippen LogP contribution in [-0.2, 0) is 4.74 Å². The molecule has 1 aromatic rings. The number of allylic oxidation sites excluding steroid dienone is 2. The SMILES string of the molecule is C[C@@H]1CO[C@@]23CCC[C@@H]2n2cc(C(=O)NCC4=C(F)CC(F)C=C4F)c(=O)c(O)c2C(=O)N13. The van der Waals surface area contributed by atoms with Crippen LogP contribution in [0.2, 0.25) is 0 Å². The van der Waals surface area contributed by atoms with E-state index in [-0.39, 0.29) is 11.7 Å². The number of nitrogens with zero attached hydrogens (tertiary/aromatic N) is 2. The zero-order chi connectivity index (χ0) is 23.7. The Labute approximate surface area is 186 Å². The molecule has 2 aliphatic heterocycles. The molecule has 1 unspecified atom stereocenters. The Morgan fingerprint density at radius 1 is 1.36 bits per heavy atom. The summed E-state index contributed by atoms with van der Waals surface area (Å²) in [5.41, 5.74) is -3.17. The summed E-state index contributed by atoms with van der Waals surface area (Å²) in [5.74, 6) is -4.55. The van der Waals surface area contributed by atoms with Crippen molar-refractivity contribution in [2.75, 3.05) is 13.2 Å². The molecule has 1 saturated heterocycles. The number of amides is 2. The molecule has 176 valence electrons. The maximum Gasteiger partial charge on any atom is 0.277 e. The number of hydrogen-bond acceptors (Lipinski definition) is 5. The van der Waals surface area contributed by atoms with Gasteiger partial charge in [-0.15, -0.1) is 0 Å². The number of pyridine rings is 1. The minimum absolute atomic E-state index is 0.208. The first-order chi connectivity index (χ1) is 15.7. The van der Waals surface area contributed by atoms with Crippen molar-refractivity contribution in [2.24, 2.45) is 0 Å². The van der Waals surface area contributed by atoms with E-state index in [1.807, 2.05) is 6.92 Å². The van der Waals surface area contributed by atoms with E-state index in [2.05, 4.69) is 5.32 Å². The third kappa shape index (κ3) is 3.05. The van der Waals surface area contributed by atoms with Gasteiger partial charge in [-0.1, -0.05) is 0 Å². The zero-order valence-corrected chi connectivity index (χ0v) is 17.7. The van der Waals surface area contributed by atoms with Gasteiger partial charge >= 0.3 is 0 Å². The van der Waals surface area contributed by atoms with Gasteiger partial charge in [-0.2, -0.15) is 0 Å². The molecule has 4 atom stereocenters. The first kappa shape index (κ1) is 21.7. The minimum atomic E-state index is -1.79. The molecule has 0 aromatic carbocycles. The maximum atomic E-state index is 14.0. The second-order valence-corrected chi connectivity index (χ2v) is 8.87. The van der Waals surface area contributed by atoms with Crippen molar-refractivity contribution in [3.63, 3.8) is 0 Å². The molecule has 3 heterocycles. The molecule has 0 bridgehead atoms. The average Bonchev–Trinajstić information content (AvgIpc) is 3.32. The molecule has 5 rings (SSSR count). The highest BCUT2D eigenvalue weighted by Crippen LogP contribution is 2.52. The molecule has 33 heavy (non-hydrogen) atoms. The molecule has 11 heteroatoms. The van der Waals surface area contributed by atoms with Crippen LogP contribution in [0.1, 0.15) is 59.5 Å². The fraction of sp³-hybridized carbons (Fsp3) is 0.500. The second-order valence-electron chi connectivity index (χ2n) is 8.87. The Balaban J connectivity index is 1.50. The van der Waals surface area contributed by atoms with Crippen molar-refractivity contribution in [2.45, 2.75) is 56.6 Å². The summed E-state index contributed by atoms with van der Waals surface area (Å²) in [6.45, 7) is 1.53. The van der Waals surface area contributed by atoms with Crippen LogP contribution in [0.4, 0.5) is 13.2 Å². The molecule has 2 N–H and O–H groups in total. The Morgan fingerprint density at radius 2 is 2.12 bits per heavy atom. The number of carbonyl (C=O) groups is 2. The fourth-order valence-electron chi connectivity index (χ4n) is 5.44. The quantitative estimate of drug-likeness (QED) is 0.714. The Morgan fingerprint density at radius 3 is 2.85 bits per heavy atom. The number of nitrogens with one attached hydrogen (secondary N) is 1. The van der Waals surface area contributed by atoms with E-state index in [1.165, 1.54) is 10.8 Å². The van der Waals surface area contributed by atoms with Crippen LogP contribution in [0, 0.1) is 0 Å². The Bertz CT molecular complexity index is 1190. The lowest BCUT2D eigenvalue weighted by molar-refractivity contribution is -0.101. The van der Waals surface area contributed by atoms with Gasteiger partial charge in [-0.25, -0.2) is 13.2 Å². The number of carbonyl (C=O) groups excluding carboxylic acids is 2. The van der Waals surface area contributed by atoms with Crippen molar-refractivity contribution in [1.29, 1.82) is 0 Å². The molecule has 4 aliphatic rings. The Hall–Kier alpha value is -3.08. The summed E-state index contributed by atoms with van der Waals surface area (Å²) in [5, 5.41) is 12.9. The van der Waals surface area contributed by atoms with Gasteiger partial charge in [-0.3, -0.25) is 14.4 Å². The standard InChI is InChI=1S/C22H22F3N3O5/c1-10-9-33-22-4-2-3-16(22)27-8-13(18(29)19(30)17(27)21(32)28(10)22)20(31)26-7-12-14(24)5-11(23)6-15(12)25/h5,8,10-11,16,30H,2-4,6-7,9H2,1H3,(H,26,31)/t10-,11?,16+,22+/m1/s1. The van der Waals surface area contributed by atoms with Crippen LogP contribution in [0.5, 0.6) is 5.75 Å². The van der Waals surface area contributed by atoms with E-state index in [1.54, 1.807) is 4.90 Å². The van der Waals surface area contributed by atoms with Crippen LogP contribution < -0.4 is 10.7 Å². The fourth-order valence-corrected chi connectivity index (χ4v) is 5.44. The monoisotopic (exact) mass is 465 g/mol. The Kier molecular flexibility index (Phi) is 4.93. The lowest BCUT2D eigenvalue weighted by Gasteiger charge is -2.45. The van der Waals surface area contributed by atoms with Crippen molar-refractivity contribution >= 4 is 11.8 Å². The molecular formula is C22H22F3N3O5. The van der Waals surface area contributed by atoms with Crippen LogP contribution >= 0.6 is 0 Å². The molecule has 2 amide bonds. The van der Waals surface area contributed by atoms with Gasteiger partial charge in [0.15, 0.2) is 17.2 Å². The predicted molar refractivity (Wildman–Crippen MR) is 109 cm³/mol. The van der Waals surface area contributed by atoms with Crippen molar-refractivity contribution in [3.05, 3.63) is 51.0 Å². The summed E-state index contributed by atoms with van der Waals surface area (Å²) in [7, 11) is 0. The second kappa shape index (κ2) is 7.47. The molecule has 2 aliphatic carbocycles. The maximum absolute atomic E-state index is 14.0. The molecule has 8 nitrogen and oxygen atoms in total. The van der Waals surface area contributed by atoms with Crippen LogP contribution in [-0.4, -0.2) is 57.5 Å². The van der Waals surface area contributed by atoms with E-state index in [0.29, 0.717) is 25.5 Å². The predicted octanol–water partition coefficient (Wildman–Crippen LogP) is 2.40. The summed E-state index contributed by atoms with van der Waals surface area (Å²) in [6.07, 6.45) is 1.31. The molecule has 1 aromatic heterocycles. The van der Waals surface area contributed by atoms with Crippen molar-refractivity contribution in [3.8, 4) is 5.75 Å². The third-order valence-electron chi connectivity index (χ3n) is 6.91. The van der Waals surface area contributed by atoms with E-state index in [0.717, 1.165) is 6.42 Å². The van der Waals surface area contributed by atoms with E-state index < -0.39 is 76.7 Å². The van der Waals surface area contributed by atoms with Gasteiger partial charge in [0.05, 0.1) is 18.7 Å². The average molecular weight is 465 g/mol. The summed E-state index contributed by atoms with van der Waals surface area (Å²) in [6, 6.07) is -0.650. The molecule has 1 saturated carbocycles. The molecule has 0 radical (unpaired) electrons. The van der Waals surface area contributed by atoms with Crippen LogP contribution in [0.25, 0.3) is 0 Å². The van der Waals surface area contributed by atoms with Gasteiger partial charge in [0, 0.05) is 24.7 Å². The minimum Gasteiger partial charge on any atom is -0.503 e. The van der Waals surface area contributed by atoms with Crippen molar-refractivity contribution in [1.82, 2.24) is 14.8 Å². The number of hydrogen-bond donors (Lipinski definition) is 2. The van der Waals surface area contributed by atoms with Crippen LogP contribution in [0.3, 0.4) is 0 Å². The van der Waals surface area contributed by atoms with E-state index >= 15 is 0 Å². The largest absolute Gasteiger partial charge is 0.503 e. The third-order valence-corrected chi connectivity index (χ3v) is 6.91. The van der Waals surface area contributed by atoms with E-state index in [9.17, 15) is 32.7 Å². The zero-order valence-electron chi connectivity index (χ0n) is 17.7. The number of aromatic nitrogens is 1. The van der Waals surface area contributed by atoms with Gasteiger partial charge in [-0.05, 0) is 32.3 Å². The number of fused-ring (bicyclic) bond motifs is 2. The first-order valence-electron chi connectivity index (χ1n) is 10.8. The number of aromatic hydroxyl groups is 1. The summed E-state index contributed by atoms with van der Waals surface area (Å²) >= 11 is 0. The summed E-state index contributed by atoms with van der Waals surface area (Å²) in [4.78, 5) is 40.3. The smallest absolute Gasteiger partial charge is 0.277 e. The van der Waals surface area contributed by atoms with Gasteiger partial charge in [0.1, 0.15) is 23.4 Å². The van der Waals surface area contributed by atoms with Gasteiger partial charge < -0.3 is 24.6 Å². The highest BCUT2D eigenvalue weighted by Gasteiger charge is 2.60. The number of alkyl halides is 1. The topological polar surface area (TPSA) is 101 Å². The molecule has 2 fully saturated rings. The summed E-state index contributed by atoms with van der Waals surface area (Å²) < 4.78 is 48.6. The number of rotatable bonds is 3. The van der Waals surface area contributed by atoms with Gasteiger partial charge in [0.2, 0.25) is 5.43 Å². The number of halogens is 3. The molecule has 1 spiro atoms. The first-order valence-corrected chi connectivity index (χ1v) is 10.8. The molecular weight excluding hydrogens is 443 g/mol. The highest BCUT2D eigenvalue weighted by molar-refractivity contribution is 6.00. The highest BCUT2D eigenvalue weighted by atomic mass is 19.2. The lowest BCUT2D eigenvalue weighted by Crippen LogP contribution is -2.58. The lowest BCUT2D eigenvalue weighted by atomic mass is 9.98. The van der Waals surface area contributed by atoms with Crippen molar-refractivity contribution < 1.29 is 32.6 Å². The van der Waals surface area contributed by atoms with E-state index in [4.69, 9.17) is 4.74 Å². The van der Waals surface area contributed by atoms with Gasteiger partial charge in [0.25, 0.3) is 11.8 Å². The normalized spacial score (nSPS) is 30.7. The number of ether oxygens (including phenoxy) is 1. The van der Waals surface area contributed by atoms with Crippen LogP contribution in [0.15, 0.2) is 34.3 Å².